The van der Waals surface area contributed by atoms with E-state index in [-0.39, 0.29) is 16.9 Å². The van der Waals surface area contributed by atoms with Gasteiger partial charge in [-0.25, -0.2) is 14.4 Å². The van der Waals surface area contributed by atoms with Crippen LogP contribution in [0, 0.1) is 0 Å². The fourth-order valence-electron chi connectivity index (χ4n) is 18.8. The van der Waals surface area contributed by atoms with Crippen molar-refractivity contribution in [3.63, 3.8) is 0 Å². The van der Waals surface area contributed by atoms with E-state index in [0.717, 1.165) is 133 Å². The number of hydrogen-bond acceptors (Lipinski definition) is 6. The van der Waals surface area contributed by atoms with Gasteiger partial charge in [-0.3, -0.25) is 0 Å². The van der Waals surface area contributed by atoms with Crippen LogP contribution in [0.5, 0.6) is 0 Å². The standard InChI is InChI=1S/C43H27NO2.2C37H23NO2/c45-43-39-26-31(32-20-23-41-38(25-32)36-16-7-8-17-40(36)44(41)34-14-5-2-6-15-34)18-21-35(39)37-22-19-33(27-42(37)46-43)30-13-9-12-29(24-30)28-10-3-1-4-11-28;39-37-33-23-27(19-20-29(33)31-16-9-15-28(36(31)40-37)25-12-5-2-6-13-25)38-34-17-8-7-14-30(34)32-22-26(18-21-35(32)38)24-10-3-1-4-11-24;39-37-32-23-27(19-20-30(32)36-28(15-9-17-35(36)40-37)25-12-5-2-6-13-25)38-33-16-8-7-14-29(33)31-22-26(18-21-34(31)38)24-10-3-1-4-11-24/h1-27H;2*1-23H. The fraction of sp³-hybridized carbons (Fsp3) is 0. The smallest absolute Gasteiger partial charge is 0.344 e. The lowest BCUT2D eigenvalue weighted by atomic mass is 9.96. The first-order valence-corrected chi connectivity index (χ1v) is 42.3. The van der Waals surface area contributed by atoms with Gasteiger partial charge in [-0.15, -0.1) is 0 Å². The molecule has 0 atom stereocenters. The molecule has 0 spiro atoms. The number of benzene rings is 19. The normalized spacial score (nSPS) is 11.6. The summed E-state index contributed by atoms with van der Waals surface area (Å²) in [5.74, 6) is 0. The summed E-state index contributed by atoms with van der Waals surface area (Å²) in [5.41, 5.74) is 25.7. The van der Waals surface area contributed by atoms with Gasteiger partial charge in [0.25, 0.3) is 0 Å². The Labute approximate surface area is 721 Å². The summed E-state index contributed by atoms with van der Waals surface area (Å²) in [6, 6.07) is 152. The van der Waals surface area contributed by atoms with Crippen molar-refractivity contribution < 1.29 is 13.3 Å². The van der Waals surface area contributed by atoms with Crippen LogP contribution in [0.15, 0.2) is 470 Å². The van der Waals surface area contributed by atoms with Crippen LogP contribution in [-0.4, -0.2) is 13.7 Å². The maximum absolute atomic E-state index is 13.5. The van der Waals surface area contributed by atoms with E-state index in [1.54, 1.807) is 0 Å². The molecule has 0 unspecified atom stereocenters. The highest BCUT2D eigenvalue weighted by Crippen LogP contribution is 2.43. The quantitative estimate of drug-likeness (QED) is 0.0998. The minimum atomic E-state index is -0.333. The SMILES string of the molecule is O=c1oc2c(-c3ccccc3)cccc2c2ccc(-n3c4ccccc4c4cc(-c5ccccc5)ccc43)cc12.O=c1oc2cc(-c3cccc(-c4ccccc4)c3)ccc2c2ccc(-c3ccc4c(c3)c3ccccc3n4-c3ccccc3)cc12.O=c1oc2cccc(-c3ccccc3)c2c2ccc(-n3c4ccccc4c4cc(-c5ccccc5)ccc43)cc12. The van der Waals surface area contributed by atoms with Gasteiger partial charge in [0.05, 0.1) is 49.3 Å². The van der Waals surface area contributed by atoms with E-state index in [0.29, 0.717) is 32.9 Å². The lowest BCUT2D eigenvalue weighted by Gasteiger charge is -2.12. The number of para-hydroxylation sites is 5. The molecule has 0 aliphatic rings. The highest BCUT2D eigenvalue weighted by molar-refractivity contribution is 6.17. The molecule has 0 aliphatic carbocycles. The van der Waals surface area contributed by atoms with Gasteiger partial charge in [0.15, 0.2) is 0 Å². The molecular weight excluding hydrogens is 1540 g/mol. The predicted octanol–water partition coefficient (Wildman–Crippen LogP) is 29.8. The Morgan fingerprint density at radius 2 is 0.476 bits per heavy atom. The van der Waals surface area contributed by atoms with Crippen molar-refractivity contribution in [1.82, 2.24) is 13.7 Å². The van der Waals surface area contributed by atoms with Gasteiger partial charge in [0.1, 0.15) is 16.7 Å². The van der Waals surface area contributed by atoms with Gasteiger partial charge in [0.2, 0.25) is 0 Å². The first-order valence-electron chi connectivity index (χ1n) is 42.3. The van der Waals surface area contributed by atoms with Crippen LogP contribution in [0.2, 0.25) is 0 Å². The van der Waals surface area contributed by atoms with E-state index in [4.69, 9.17) is 13.3 Å². The highest BCUT2D eigenvalue weighted by atomic mass is 16.4. The summed E-state index contributed by atoms with van der Waals surface area (Å²) in [4.78, 5) is 40.2. The molecule has 19 aromatic carbocycles. The van der Waals surface area contributed by atoms with Crippen LogP contribution in [0.4, 0.5) is 0 Å². The van der Waals surface area contributed by atoms with Crippen molar-refractivity contribution in [2.75, 3.05) is 0 Å². The molecule has 9 nitrogen and oxygen atoms in total. The lowest BCUT2D eigenvalue weighted by Crippen LogP contribution is -2.02. The average molecular weight is 1620 g/mol. The molecule has 126 heavy (non-hydrogen) atoms. The molecule has 0 saturated carbocycles. The van der Waals surface area contributed by atoms with Gasteiger partial charge in [0, 0.05) is 81.9 Å². The van der Waals surface area contributed by atoms with E-state index in [9.17, 15) is 14.4 Å². The zero-order valence-electron chi connectivity index (χ0n) is 67.9. The monoisotopic (exact) mass is 1620 g/mol. The second kappa shape index (κ2) is 30.9. The maximum atomic E-state index is 13.5. The third kappa shape index (κ3) is 12.9. The fourth-order valence-corrected chi connectivity index (χ4v) is 18.8. The number of hydrogen-bond donors (Lipinski definition) is 0. The minimum Gasteiger partial charge on any atom is -0.422 e. The van der Waals surface area contributed by atoms with Gasteiger partial charge in [-0.1, -0.05) is 322 Å². The summed E-state index contributed by atoms with van der Waals surface area (Å²) in [6.45, 7) is 0. The van der Waals surface area contributed by atoms with E-state index in [2.05, 4.69) is 317 Å². The molecule has 0 radical (unpaired) electrons. The molecule has 0 aliphatic heterocycles. The van der Waals surface area contributed by atoms with Crippen LogP contribution in [0.3, 0.4) is 0 Å². The summed E-state index contributed by atoms with van der Waals surface area (Å²) < 4.78 is 24.6. The molecule has 0 fully saturated rings. The maximum Gasteiger partial charge on any atom is 0.344 e. The third-order valence-corrected chi connectivity index (χ3v) is 24.7. The number of rotatable bonds is 10. The Bertz CT molecular complexity index is 8830. The molecule has 6 heterocycles. The molecule has 0 N–H and O–H groups in total. The first-order chi connectivity index (χ1) is 62.2. The summed E-state index contributed by atoms with van der Waals surface area (Å²) in [6.07, 6.45) is 0. The second-order valence-electron chi connectivity index (χ2n) is 32.0. The van der Waals surface area contributed by atoms with Crippen molar-refractivity contribution in [2.45, 2.75) is 0 Å². The van der Waals surface area contributed by atoms with Crippen LogP contribution in [-0.2, 0) is 0 Å². The van der Waals surface area contributed by atoms with E-state index < -0.39 is 0 Å². The molecule has 0 bridgehead atoms. The number of fused-ring (bicyclic) bond motifs is 18. The number of nitrogens with zero attached hydrogens (tertiary/aromatic N) is 3. The molecule has 25 aromatic rings. The Balaban J connectivity index is 0.000000109. The van der Waals surface area contributed by atoms with E-state index >= 15 is 0 Å². The molecule has 25 rings (SSSR count). The lowest BCUT2D eigenvalue weighted by molar-refractivity contribution is 0.569. The molecule has 9 heteroatoms. The number of aromatic nitrogens is 3. The Kier molecular flexibility index (Phi) is 18.2. The van der Waals surface area contributed by atoms with Crippen LogP contribution in [0.1, 0.15) is 0 Å². The zero-order valence-corrected chi connectivity index (χ0v) is 67.9. The summed E-state index contributed by atoms with van der Waals surface area (Å²) in [7, 11) is 0. The molecular formula is C117H73N3O6. The van der Waals surface area contributed by atoms with Crippen LogP contribution >= 0.6 is 0 Å². The van der Waals surface area contributed by atoms with Crippen molar-refractivity contribution in [2.24, 2.45) is 0 Å². The van der Waals surface area contributed by atoms with Crippen molar-refractivity contribution in [1.29, 1.82) is 0 Å². The van der Waals surface area contributed by atoms with E-state index in [1.807, 2.05) is 140 Å². The van der Waals surface area contributed by atoms with Gasteiger partial charge in [-0.2, -0.15) is 0 Å². The average Bonchev–Trinajstić information content (AvgIpc) is 1.32. The molecule has 6 aromatic heterocycles. The highest BCUT2D eigenvalue weighted by Gasteiger charge is 2.22. The topological polar surface area (TPSA) is 105 Å². The summed E-state index contributed by atoms with van der Waals surface area (Å²) in [5, 5.41) is 14.3. The van der Waals surface area contributed by atoms with Crippen molar-refractivity contribution in [3.05, 3.63) is 474 Å². The van der Waals surface area contributed by atoms with Gasteiger partial charge >= 0.3 is 16.9 Å². The Hall–Kier alpha value is -17.0. The van der Waals surface area contributed by atoms with Crippen molar-refractivity contribution >= 4 is 131 Å². The third-order valence-electron chi connectivity index (χ3n) is 24.7. The second-order valence-corrected chi connectivity index (χ2v) is 32.0. The summed E-state index contributed by atoms with van der Waals surface area (Å²) >= 11 is 0. The van der Waals surface area contributed by atoms with Crippen molar-refractivity contribution in [3.8, 4) is 95.0 Å². The van der Waals surface area contributed by atoms with Crippen LogP contribution in [0.25, 0.3) is 226 Å². The van der Waals surface area contributed by atoms with Gasteiger partial charge < -0.3 is 27.0 Å². The van der Waals surface area contributed by atoms with E-state index in [1.165, 1.54) is 60.1 Å². The largest absolute Gasteiger partial charge is 0.422 e. The molecule has 0 saturated heterocycles. The minimum absolute atomic E-state index is 0.332. The van der Waals surface area contributed by atoms with Gasteiger partial charge in [-0.05, 0) is 199 Å². The zero-order chi connectivity index (χ0) is 83.9. The molecule has 0 amide bonds. The first kappa shape index (κ1) is 74.1. The van der Waals surface area contributed by atoms with Crippen LogP contribution < -0.4 is 16.9 Å². The predicted molar refractivity (Wildman–Crippen MR) is 521 cm³/mol. The Morgan fingerprint density at radius 1 is 0.159 bits per heavy atom. The molecule has 592 valence electrons. The Morgan fingerprint density at radius 3 is 1.00 bits per heavy atom.